The molecule has 192 valence electrons. The summed E-state index contributed by atoms with van der Waals surface area (Å²) in [5.41, 5.74) is 7.73. The van der Waals surface area contributed by atoms with Crippen molar-refractivity contribution in [2.45, 2.75) is 51.7 Å². The molecule has 1 unspecified atom stereocenters. The van der Waals surface area contributed by atoms with Crippen molar-refractivity contribution in [1.29, 1.82) is 0 Å². The number of nitro groups is 1. The molecule has 36 heavy (non-hydrogen) atoms. The molecule has 2 rings (SSSR count). The average molecular weight is 506 g/mol. The highest BCUT2D eigenvalue weighted by Gasteiger charge is 2.34. The topological polar surface area (TPSA) is 220 Å². The van der Waals surface area contributed by atoms with Gasteiger partial charge in [0.15, 0.2) is 0 Å². The predicted molar refractivity (Wildman–Crippen MR) is 117 cm³/mol. The van der Waals surface area contributed by atoms with E-state index >= 15 is 0 Å². The summed E-state index contributed by atoms with van der Waals surface area (Å²) >= 11 is 0. The monoisotopic (exact) mass is 506 g/mol. The van der Waals surface area contributed by atoms with Gasteiger partial charge in [-0.2, -0.15) is 0 Å². The molecule has 0 aromatic heterocycles. The Hall–Kier alpha value is -4.72. The van der Waals surface area contributed by atoms with Crippen LogP contribution in [0.25, 0.3) is 10.4 Å². The Balaban J connectivity index is 1.65. The smallest absolute Gasteiger partial charge is 0.425 e. The van der Waals surface area contributed by atoms with Gasteiger partial charge in [0, 0.05) is 49.4 Å². The summed E-state index contributed by atoms with van der Waals surface area (Å²) in [6.45, 7) is 1.43. The molecule has 1 aromatic carbocycles. The third kappa shape index (κ3) is 8.25. The fourth-order valence-electron chi connectivity index (χ4n) is 3.00. The maximum absolute atomic E-state index is 12.2. The van der Waals surface area contributed by atoms with Gasteiger partial charge in [-0.25, -0.2) is 4.79 Å². The van der Waals surface area contributed by atoms with E-state index in [-0.39, 0.29) is 37.1 Å². The van der Waals surface area contributed by atoms with Crippen molar-refractivity contribution < 1.29 is 43.2 Å². The zero-order chi connectivity index (χ0) is 26.7. The molecule has 1 aromatic rings. The number of azide groups is 1. The summed E-state index contributed by atoms with van der Waals surface area (Å²) in [6.07, 6.45) is -1.53. The normalized spacial score (nSPS) is 13.4. The third-order valence-electron chi connectivity index (χ3n) is 4.66. The molecular weight excluding hydrogens is 484 g/mol. The van der Waals surface area contributed by atoms with E-state index in [1.165, 1.54) is 19.1 Å². The molecule has 1 aliphatic rings. The number of rotatable bonds is 12. The first-order chi connectivity index (χ1) is 17.1. The molecule has 1 aliphatic heterocycles. The van der Waals surface area contributed by atoms with Crippen LogP contribution in [-0.4, -0.2) is 52.7 Å². The van der Waals surface area contributed by atoms with Crippen LogP contribution in [0.4, 0.5) is 16.2 Å². The molecule has 1 heterocycles. The quantitative estimate of drug-likeness (QED) is 0.0502. The van der Waals surface area contributed by atoms with Crippen LogP contribution in [0.5, 0.6) is 0 Å². The largest absolute Gasteiger partial charge is 0.537 e. The Morgan fingerprint density at radius 2 is 1.89 bits per heavy atom. The summed E-state index contributed by atoms with van der Waals surface area (Å²) in [6, 6.07) is 3.46. The second kappa shape index (κ2) is 13.2. The Labute approximate surface area is 203 Å². The fraction of sp³-hybridized carbons (Fsp3) is 0.450. The molecule has 0 spiro atoms. The Morgan fingerprint density at radius 3 is 2.53 bits per heavy atom. The highest BCUT2D eigenvalue weighted by Crippen LogP contribution is 2.25. The van der Waals surface area contributed by atoms with E-state index in [9.17, 15) is 34.1 Å². The maximum atomic E-state index is 12.2. The standard InChI is InChI=1S/C20H22N6O10/c1-12(35-20(31)36-25-16(27)8-9-17(25)28)34-18(29)5-3-2-4-10-22-19(30)14-7-6-13(23-24-21)11-15(14)26(32)33/h6-7,11-12H,2-5,8-10H2,1H3,(H,22,30). The summed E-state index contributed by atoms with van der Waals surface area (Å²) in [4.78, 5) is 75.9. The van der Waals surface area contributed by atoms with Gasteiger partial charge in [0.25, 0.3) is 23.4 Å². The van der Waals surface area contributed by atoms with Crippen molar-refractivity contribution in [2.24, 2.45) is 5.11 Å². The molecule has 0 radical (unpaired) electrons. The van der Waals surface area contributed by atoms with Crippen LogP contribution in [0, 0.1) is 10.1 Å². The van der Waals surface area contributed by atoms with Crippen molar-refractivity contribution in [2.75, 3.05) is 6.54 Å². The van der Waals surface area contributed by atoms with Crippen LogP contribution in [0.1, 0.15) is 55.8 Å². The Morgan fingerprint density at radius 1 is 1.19 bits per heavy atom. The molecule has 0 bridgehead atoms. The minimum Gasteiger partial charge on any atom is -0.425 e. The van der Waals surface area contributed by atoms with Gasteiger partial charge in [-0.3, -0.25) is 34.1 Å². The molecule has 1 N–H and O–H groups in total. The molecule has 1 saturated heterocycles. The van der Waals surface area contributed by atoms with E-state index in [0.717, 1.165) is 6.07 Å². The van der Waals surface area contributed by atoms with Crippen molar-refractivity contribution in [1.82, 2.24) is 10.4 Å². The van der Waals surface area contributed by atoms with E-state index in [1.54, 1.807) is 0 Å². The number of esters is 1. The average Bonchev–Trinajstić information content (AvgIpc) is 3.13. The predicted octanol–water partition coefficient (Wildman–Crippen LogP) is 2.93. The lowest BCUT2D eigenvalue weighted by Crippen LogP contribution is -2.34. The van der Waals surface area contributed by atoms with Gasteiger partial charge in [-0.05, 0) is 24.4 Å². The minimum atomic E-state index is -1.37. The number of ether oxygens (including phenoxy) is 2. The van der Waals surface area contributed by atoms with Crippen LogP contribution >= 0.6 is 0 Å². The number of nitro benzene ring substituents is 1. The van der Waals surface area contributed by atoms with Crippen LogP contribution in [0.15, 0.2) is 23.3 Å². The fourth-order valence-corrected chi connectivity index (χ4v) is 3.00. The van der Waals surface area contributed by atoms with Gasteiger partial charge in [-0.15, -0.1) is 0 Å². The van der Waals surface area contributed by atoms with Crippen molar-refractivity contribution in [3.05, 3.63) is 44.3 Å². The first-order valence-corrected chi connectivity index (χ1v) is 10.7. The number of benzene rings is 1. The van der Waals surface area contributed by atoms with Crippen LogP contribution < -0.4 is 5.32 Å². The Bertz CT molecular complexity index is 1080. The van der Waals surface area contributed by atoms with Gasteiger partial charge < -0.3 is 14.8 Å². The lowest BCUT2D eigenvalue weighted by Gasteiger charge is -2.16. The second-order valence-electron chi connectivity index (χ2n) is 7.31. The number of hydroxylamine groups is 2. The van der Waals surface area contributed by atoms with Gasteiger partial charge in [0.2, 0.25) is 6.29 Å². The first-order valence-electron chi connectivity index (χ1n) is 10.7. The SMILES string of the molecule is CC(OC(=O)CCCCCNC(=O)c1ccc(N=[N+]=[N-])cc1[N+](=O)[O-])OC(=O)ON1C(=O)CCC1=O. The summed E-state index contributed by atoms with van der Waals surface area (Å²) < 4.78 is 9.56. The van der Waals surface area contributed by atoms with Crippen molar-refractivity contribution >= 4 is 41.2 Å². The molecule has 1 fully saturated rings. The Kier molecular flexibility index (Phi) is 10.1. The third-order valence-corrected chi connectivity index (χ3v) is 4.66. The molecule has 3 amide bonds. The number of imide groups is 1. The summed E-state index contributed by atoms with van der Waals surface area (Å²) in [7, 11) is 0. The number of nitrogens with zero attached hydrogens (tertiary/aromatic N) is 5. The number of unbranched alkanes of at least 4 members (excludes halogenated alkanes) is 2. The van der Waals surface area contributed by atoms with Gasteiger partial charge >= 0.3 is 12.1 Å². The van der Waals surface area contributed by atoms with Crippen LogP contribution in [-0.2, 0) is 28.7 Å². The van der Waals surface area contributed by atoms with E-state index in [2.05, 4.69) is 24.9 Å². The van der Waals surface area contributed by atoms with Crippen molar-refractivity contribution in [3.8, 4) is 0 Å². The second-order valence-corrected chi connectivity index (χ2v) is 7.31. The molecular formula is C20H22N6O10. The highest BCUT2D eigenvalue weighted by atomic mass is 16.9. The van der Waals surface area contributed by atoms with Crippen LogP contribution in [0.3, 0.4) is 0 Å². The summed E-state index contributed by atoms with van der Waals surface area (Å²) in [5.74, 6) is -2.72. The van der Waals surface area contributed by atoms with Gasteiger partial charge in [-0.1, -0.05) is 22.7 Å². The lowest BCUT2D eigenvalue weighted by atomic mass is 10.1. The van der Waals surface area contributed by atoms with Crippen molar-refractivity contribution in [3.63, 3.8) is 0 Å². The maximum Gasteiger partial charge on any atom is 0.537 e. The van der Waals surface area contributed by atoms with Crippen LogP contribution in [0.2, 0.25) is 0 Å². The van der Waals surface area contributed by atoms with Gasteiger partial charge in [0.05, 0.1) is 4.92 Å². The van der Waals surface area contributed by atoms with Gasteiger partial charge in [0.1, 0.15) is 5.56 Å². The molecule has 0 saturated carbocycles. The lowest BCUT2D eigenvalue weighted by molar-refractivity contribution is -0.385. The van der Waals surface area contributed by atoms with E-state index in [4.69, 9.17) is 10.3 Å². The molecule has 0 aliphatic carbocycles. The first kappa shape index (κ1) is 27.5. The number of hydrogen-bond acceptors (Lipinski definition) is 11. The highest BCUT2D eigenvalue weighted by molar-refractivity contribution is 6.01. The van der Waals surface area contributed by atoms with E-state index in [0.29, 0.717) is 24.3 Å². The molecule has 16 heteroatoms. The minimum absolute atomic E-state index is 0.000964. The number of nitrogens with one attached hydrogen (secondary N) is 1. The zero-order valence-corrected chi connectivity index (χ0v) is 19.1. The number of hydrogen-bond donors (Lipinski definition) is 1. The van der Waals surface area contributed by atoms with E-state index < -0.39 is 46.7 Å². The number of amides is 3. The van der Waals surface area contributed by atoms with E-state index in [1.807, 2.05) is 0 Å². The number of carbonyl (C=O) groups excluding carboxylic acids is 5. The summed E-state index contributed by atoms with van der Waals surface area (Å²) in [5, 5.41) is 17.3. The molecule has 1 atom stereocenters. The number of carbonyl (C=O) groups is 5. The zero-order valence-electron chi connectivity index (χ0n) is 19.1. The molecule has 16 nitrogen and oxygen atoms in total.